The summed E-state index contributed by atoms with van der Waals surface area (Å²) < 4.78 is 11.4. The van der Waals surface area contributed by atoms with E-state index in [0.29, 0.717) is 16.5 Å². The lowest BCUT2D eigenvalue weighted by atomic mass is 10.1. The van der Waals surface area contributed by atoms with Crippen molar-refractivity contribution >= 4 is 38.9 Å². The van der Waals surface area contributed by atoms with E-state index in [9.17, 15) is 15.4 Å². The number of hydrogen-bond donors (Lipinski definition) is 0. The highest BCUT2D eigenvalue weighted by molar-refractivity contribution is 7.19. The van der Waals surface area contributed by atoms with Crippen LogP contribution in [0.2, 0.25) is 0 Å². The Kier molecular flexibility index (Phi) is 3.56. The van der Waals surface area contributed by atoms with Gasteiger partial charge < -0.3 is 9.47 Å². The van der Waals surface area contributed by atoms with Crippen LogP contribution in [0.3, 0.4) is 0 Å². The minimum atomic E-state index is -0.513. The summed E-state index contributed by atoms with van der Waals surface area (Å²) in [4.78, 5) is 15.3. The van der Waals surface area contributed by atoms with Gasteiger partial charge in [-0.05, 0) is 24.3 Å². The molecule has 0 aliphatic carbocycles. The zero-order valence-electron chi connectivity index (χ0n) is 12.6. The molecule has 25 heavy (non-hydrogen) atoms. The maximum atomic E-state index is 11.4. The third-order valence-corrected chi connectivity index (χ3v) is 4.73. The molecule has 0 radical (unpaired) electrons. The Morgan fingerprint density at radius 1 is 1.32 bits per heavy atom. The highest BCUT2D eigenvalue weighted by Crippen LogP contribution is 2.39. The molecule has 8 heteroatoms. The lowest BCUT2D eigenvalue weighted by molar-refractivity contribution is -0.385. The third kappa shape index (κ3) is 2.66. The lowest BCUT2D eigenvalue weighted by Gasteiger charge is -2.01. The predicted octanol–water partition coefficient (Wildman–Crippen LogP) is 4.00. The number of nitrogens with zero attached hydrogens (tertiary/aromatic N) is 3. The Balaban J connectivity index is 1.85. The second kappa shape index (κ2) is 5.89. The van der Waals surface area contributed by atoms with Crippen LogP contribution in [0, 0.1) is 21.4 Å². The molecule has 122 valence electrons. The minimum absolute atomic E-state index is 0.0165. The molecule has 0 atom stereocenters. The van der Waals surface area contributed by atoms with Crippen LogP contribution in [0.15, 0.2) is 36.4 Å². The van der Waals surface area contributed by atoms with Crippen LogP contribution in [-0.2, 0) is 0 Å². The van der Waals surface area contributed by atoms with Gasteiger partial charge in [-0.15, -0.1) is 11.3 Å². The largest absolute Gasteiger partial charge is 0.454 e. The Labute approximate surface area is 145 Å². The van der Waals surface area contributed by atoms with E-state index in [2.05, 4.69) is 11.1 Å². The van der Waals surface area contributed by atoms with Crippen molar-refractivity contribution in [2.24, 2.45) is 0 Å². The van der Waals surface area contributed by atoms with Crippen molar-refractivity contribution < 1.29 is 14.4 Å². The van der Waals surface area contributed by atoms with Crippen molar-refractivity contribution in [3.63, 3.8) is 0 Å². The molecular formula is C17H9N3O4S. The average molecular weight is 351 g/mol. The fraction of sp³-hybridized carbons (Fsp3) is 0.0588. The van der Waals surface area contributed by atoms with Gasteiger partial charge in [-0.1, -0.05) is 12.1 Å². The van der Waals surface area contributed by atoms with E-state index in [1.807, 2.05) is 24.3 Å². The third-order valence-electron chi connectivity index (χ3n) is 3.66. The van der Waals surface area contributed by atoms with E-state index < -0.39 is 4.92 Å². The monoisotopic (exact) mass is 351 g/mol. The van der Waals surface area contributed by atoms with Gasteiger partial charge in [0.1, 0.15) is 11.1 Å². The first-order valence-corrected chi connectivity index (χ1v) is 8.03. The van der Waals surface area contributed by atoms with Gasteiger partial charge in [0.25, 0.3) is 5.69 Å². The number of nitro groups is 1. The van der Waals surface area contributed by atoms with Crippen molar-refractivity contribution in [2.75, 3.05) is 6.79 Å². The Morgan fingerprint density at radius 3 is 2.80 bits per heavy atom. The summed E-state index contributed by atoms with van der Waals surface area (Å²) in [5.41, 5.74) is 1.15. The highest BCUT2D eigenvalue weighted by atomic mass is 32.1. The van der Waals surface area contributed by atoms with Crippen molar-refractivity contribution in [3.05, 3.63) is 57.1 Å². The van der Waals surface area contributed by atoms with Crippen LogP contribution in [-0.4, -0.2) is 16.7 Å². The van der Waals surface area contributed by atoms with Gasteiger partial charge in [-0.3, -0.25) is 10.1 Å². The van der Waals surface area contributed by atoms with Gasteiger partial charge in [0.2, 0.25) is 6.79 Å². The molecule has 0 bridgehead atoms. The summed E-state index contributed by atoms with van der Waals surface area (Å²) in [5, 5.41) is 21.4. The summed E-state index contributed by atoms with van der Waals surface area (Å²) in [5.74, 6) is 0.737. The quantitative estimate of drug-likeness (QED) is 0.402. The van der Waals surface area contributed by atoms with Crippen LogP contribution in [0.1, 0.15) is 10.6 Å². The van der Waals surface area contributed by atoms with Gasteiger partial charge in [0.15, 0.2) is 11.5 Å². The molecule has 0 saturated heterocycles. The zero-order valence-corrected chi connectivity index (χ0v) is 13.4. The molecule has 0 N–H and O–H groups in total. The van der Waals surface area contributed by atoms with Crippen molar-refractivity contribution in [1.29, 1.82) is 5.26 Å². The van der Waals surface area contributed by atoms with Gasteiger partial charge in [0.05, 0.1) is 32.3 Å². The maximum Gasteiger partial charge on any atom is 0.280 e. The second-order valence-electron chi connectivity index (χ2n) is 5.18. The summed E-state index contributed by atoms with van der Waals surface area (Å²) in [6, 6.07) is 12.4. The van der Waals surface area contributed by atoms with Crippen LogP contribution in [0.5, 0.6) is 11.5 Å². The number of para-hydroxylation sites is 1. The van der Waals surface area contributed by atoms with Crippen LogP contribution < -0.4 is 9.47 Å². The summed E-state index contributed by atoms with van der Waals surface area (Å²) in [6.07, 6.45) is 1.46. The van der Waals surface area contributed by atoms with Gasteiger partial charge >= 0.3 is 0 Å². The number of nitro benzene ring substituents is 1. The number of fused-ring (bicyclic) bond motifs is 2. The number of hydrogen-bond acceptors (Lipinski definition) is 7. The van der Waals surface area contributed by atoms with Crippen LogP contribution >= 0.6 is 11.3 Å². The molecule has 1 aromatic heterocycles. The molecule has 1 aliphatic rings. The average Bonchev–Trinajstić information content (AvgIpc) is 3.24. The van der Waals surface area contributed by atoms with Crippen LogP contribution in [0.25, 0.3) is 21.9 Å². The van der Waals surface area contributed by atoms with E-state index in [0.717, 1.165) is 10.2 Å². The number of allylic oxidation sites excluding steroid dienone is 1. The number of rotatable bonds is 3. The van der Waals surface area contributed by atoms with E-state index in [4.69, 9.17) is 9.47 Å². The van der Waals surface area contributed by atoms with Crippen molar-refractivity contribution in [2.45, 2.75) is 0 Å². The molecule has 0 spiro atoms. The fourth-order valence-electron chi connectivity index (χ4n) is 2.51. The van der Waals surface area contributed by atoms with Gasteiger partial charge in [-0.2, -0.15) is 5.26 Å². The molecule has 2 aromatic carbocycles. The number of aromatic nitrogens is 1. The van der Waals surface area contributed by atoms with E-state index in [-0.39, 0.29) is 23.6 Å². The molecule has 0 unspecified atom stereocenters. The van der Waals surface area contributed by atoms with E-state index in [1.54, 1.807) is 0 Å². The summed E-state index contributed by atoms with van der Waals surface area (Å²) in [7, 11) is 0. The predicted molar refractivity (Wildman–Crippen MR) is 92.3 cm³/mol. The number of ether oxygens (including phenoxy) is 2. The molecule has 1 aliphatic heterocycles. The first kappa shape index (κ1) is 15.1. The molecule has 0 fully saturated rings. The maximum absolute atomic E-state index is 11.4. The zero-order chi connectivity index (χ0) is 17.4. The van der Waals surface area contributed by atoms with E-state index >= 15 is 0 Å². The molecular weight excluding hydrogens is 342 g/mol. The molecule has 2 heterocycles. The minimum Gasteiger partial charge on any atom is -0.454 e. The lowest BCUT2D eigenvalue weighted by Crippen LogP contribution is -1.93. The Bertz CT molecular complexity index is 1050. The smallest absolute Gasteiger partial charge is 0.280 e. The second-order valence-corrected chi connectivity index (χ2v) is 6.21. The van der Waals surface area contributed by atoms with Gasteiger partial charge in [-0.25, -0.2) is 4.98 Å². The molecule has 0 saturated carbocycles. The van der Waals surface area contributed by atoms with Crippen LogP contribution in [0.4, 0.5) is 5.69 Å². The van der Waals surface area contributed by atoms with Gasteiger partial charge in [0, 0.05) is 0 Å². The fourth-order valence-corrected chi connectivity index (χ4v) is 3.44. The summed E-state index contributed by atoms with van der Waals surface area (Å²) >= 11 is 1.36. The van der Waals surface area contributed by atoms with Crippen molar-refractivity contribution in [3.8, 4) is 17.6 Å². The molecule has 4 rings (SSSR count). The first-order chi connectivity index (χ1) is 12.2. The number of thiazole rings is 1. The van der Waals surface area contributed by atoms with E-state index in [1.165, 1.54) is 29.5 Å². The van der Waals surface area contributed by atoms with Crippen molar-refractivity contribution in [1.82, 2.24) is 4.98 Å². The first-order valence-electron chi connectivity index (χ1n) is 7.21. The molecule has 0 amide bonds. The topological polar surface area (TPSA) is 98.3 Å². The number of nitriles is 1. The normalized spacial score (nSPS) is 13.0. The molecule has 7 nitrogen and oxygen atoms in total. The summed E-state index contributed by atoms with van der Waals surface area (Å²) in [6.45, 7) is 0.0165. The Morgan fingerprint density at radius 2 is 2.08 bits per heavy atom. The standard InChI is InChI=1S/C17H9N3O4S/c18-8-11(17-19-12-3-1-2-4-16(12)25-17)5-10-6-14-15(24-9-23-14)7-13(10)20(21)22/h1-7H,9H2/b11-5+. The SMILES string of the molecule is N#C/C(=C\c1cc2c(cc1[N+](=O)[O-])OCO2)c1nc2ccccc2s1. The number of benzene rings is 2. The Hall–Kier alpha value is -3.44. The molecule has 3 aromatic rings. The highest BCUT2D eigenvalue weighted by Gasteiger charge is 2.23.